The summed E-state index contributed by atoms with van der Waals surface area (Å²) in [7, 11) is 0. The van der Waals surface area contributed by atoms with Crippen molar-refractivity contribution in [2.24, 2.45) is 0 Å². The van der Waals surface area contributed by atoms with E-state index in [1.54, 1.807) is 0 Å². The van der Waals surface area contributed by atoms with Gasteiger partial charge < -0.3 is 0 Å². The first-order valence-electron chi connectivity index (χ1n) is 4.53. The van der Waals surface area contributed by atoms with E-state index >= 15 is 0 Å². The third-order valence-electron chi connectivity index (χ3n) is 1.83. The van der Waals surface area contributed by atoms with E-state index in [1.165, 1.54) is 16.7 Å². The maximum Gasteiger partial charge on any atom is 0.317 e. The van der Waals surface area contributed by atoms with Crippen molar-refractivity contribution in [2.45, 2.75) is 39.8 Å². The van der Waals surface area contributed by atoms with E-state index in [0.29, 0.717) is 0 Å². The van der Waals surface area contributed by atoms with Crippen LogP contribution in [0.5, 0.6) is 0 Å². The van der Waals surface area contributed by atoms with Crippen molar-refractivity contribution in [3.63, 3.8) is 0 Å². The first kappa shape index (κ1) is 10.0. The normalized spacial score (nSPS) is 10.6. The molecule has 0 saturated carbocycles. The highest BCUT2D eigenvalue weighted by Crippen LogP contribution is 2.01. The van der Waals surface area contributed by atoms with E-state index in [2.05, 4.69) is 58.0 Å². The summed E-state index contributed by atoms with van der Waals surface area (Å²) in [4.78, 5) is 0. The Morgan fingerprint density at radius 1 is 1.42 bits per heavy atom. The van der Waals surface area contributed by atoms with Crippen LogP contribution in [-0.2, 0) is 13.1 Å². The Balaban J connectivity index is 2.74. The zero-order valence-electron chi connectivity index (χ0n) is 7.76. The zero-order chi connectivity index (χ0) is 8.97. The number of rotatable bonds is 4. The summed E-state index contributed by atoms with van der Waals surface area (Å²) in [6.45, 7) is 6.68. The highest BCUT2D eigenvalue weighted by atomic mass is 127. The van der Waals surface area contributed by atoms with Crippen molar-refractivity contribution in [3.05, 3.63) is 16.2 Å². The molecule has 1 aromatic heterocycles. The van der Waals surface area contributed by atoms with Gasteiger partial charge in [0.15, 0.2) is 0 Å². The Kier molecular flexibility index (Phi) is 4.05. The molecule has 0 radical (unpaired) electrons. The van der Waals surface area contributed by atoms with Gasteiger partial charge in [-0.1, -0.05) is 13.8 Å². The predicted molar refractivity (Wildman–Crippen MR) is 57.9 cm³/mol. The Labute approximate surface area is 87.7 Å². The molecule has 68 valence electrons. The molecule has 0 aliphatic heterocycles. The lowest BCUT2D eigenvalue weighted by atomic mass is 10.5. The van der Waals surface area contributed by atoms with Crippen molar-refractivity contribution in [2.75, 3.05) is 0 Å². The molecule has 12 heavy (non-hydrogen) atoms. The van der Waals surface area contributed by atoms with Crippen LogP contribution in [0, 0.1) is 3.83 Å². The molecule has 1 aromatic rings. The predicted octanol–water partition coefficient (Wildman–Crippen LogP) is 2.20. The minimum atomic E-state index is 1.13. The zero-order valence-corrected chi connectivity index (χ0v) is 9.91. The number of hydrogen-bond acceptors (Lipinski definition) is 0. The molecular weight excluding hydrogens is 263 g/mol. The van der Waals surface area contributed by atoms with Crippen LogP contribution in [0.4, 0.5) is 0 Å². The van der Waals surface area contributed by atoms with Crippen LogP contribution in [-0.4, -0.2) is 4.57 Å². The summed E-state index contributed by atoms with van der Waals surface area (Å²) in [6, 6.07) is 0. The molecule has 2 nitrogen and oxygen atoms in total. The molecule has 3 heteroatoms. The van der Waals surface area contributed by atoms with E-state index in [9.17, 15) is 0 Å². The van der Waals surface area contributed by atoms with Crippen molar-refractivity contribution < 1.29 is 4.57 Å². The standard InChI is InChI=1S/C9H16IN2/c1-3-5-11-7-8-12(6-4-2)9(11)10/h7-8H,3-6H2,1-2H3/q+1. The molecule has 1 rings (SSSR count). The molecule has 0 amide bonds. The summed E-state index contributed by atoms with van der Waals surface area (Å²) < 4.78 is 5.95. The molecule has 0 atom stereocenters. The summed E-state index contributed by atoms with van der Waals surface area (Å²) in [5, 5.41) is 0. The molecule has 0 fully saturated rings. The lowest BCUT2D eigenvalue weighted by molar-refractivity contribution is -0.709. The molecule has 0 unspecified atom stereocenters. The lowest BCUT2D eigenvalue weighted by Crippen LogP contribution is -2.35. The van der Waals surface area contributed by atoms with E-state index in [0.717, 1.165) is 13.1 Å². The van der Waals surface area contributed by atoms with Gasteiger partial charge in [0.1, 0.15) is 12.4 Å². The van der Waals surface area contributed by atoms with Crippen LogP contribution in [0.25, 0.3) is 0 Å². The van der Waals surface area contributed by atoms with Crippen LogP contribution in [0.15, 0.2) is 12.4 Å². The van der Waals surface area contributed by atoms with Crippen LogP contribution >= 0.6 is 22.6 Å². The number of aryl methyl sites for hydroxylation is 2. The second-order valence-electron chi connectivity index (χ2n) is 2.95. The molecule has 1 heterocycles. The van der Waals surface area contributed by atoms with Gasteiger partial charge in [0.2, 0.25) is 0 Å². The van der Waals surface area contributed by atoms with E-state index < -0.39 is 0 Å². The third-order valence-corrected chi connectivity index (χ3v) is 3.07. The number of nitrogens with zero attached hydrogens (tertiary/aromatic N) is 2. The summed E-state index contributed by atoms with van der Waals surface area (Å²) in [5.41, 5.74) is 0. The van der Waals surface area contributed by atoms with E-state index in [1.807, 2.05) is 0 Å². The minimum Gasteiger partial charge on any atom is -0.225 e. The third kappa shape index (κ3) is 2.21. The molecular formula is C9H16IN2+. The van der Waals surface area contributed by atoms with Crippen LogP contribution in [0.1, 0.15) is 26.7 Å². The van der Waals surface area contributed by atoms with Gasteiger partial charge in [0, 0.05) is 0 Å². The van der Waals surface area contributed by atoms with Gasteiger partial charge in [-0.2, -0.15) is 0 Å². The van der Waals surface area contributed by atoms with Crippen molar-refractivity contribution >= 4 is 22.6 Å². The highest BCUT2D eigenvalue weighted by molar-refractivity contribution is 14.1. The number of halogens is 1. The van der Waals surface area contributed by atoms with E-state index in [-0.39, 0.29) is 0 Å². The fourth-order valence-corrected chi connectivity index (χ4v) is 2.07. The van der Waals surface area contributed by atoms with Gasteiger partial charge in [-0.15, -0.1) is 0 Å². The molecule has 0 aliphatic rings. The smallest absolute Gasteiger partial charge is 0.225 e. The molecule has 0 aliphatic carbocycles. The van der Waals surface area contributed by atoms with Crippen LogP contribution in [0.3, 0.4) is 0 Å². The largest absolute Gasteiger partial charge is 0.317 e. The van der Waals surface area contributed by atoms with Gasteiger partial charge in [-0.25, -0.2) is 9.13 Å². The van der Waals surface area contributed by atoms with Gasteiger partial charge in [-0.05, 0) is 12.8 Å². The second-order valence-corrected chi connectivity index (χ2v) is 3.92. The Morgan fingerprint density at radius 2 is 2.17 bits per heavy atom. The van der Waals surface area contributed by atoms with Gasteiger partial charge in [0.05, 0.1) is 35.7 Å². The summed E-state index contributed by atoms with van der Waals surface area (Å²) in [6.07, 6.45) is 6.75. The monoisotopic (exact) mass is 279 g/mol. The van der Waals surface area contributed by atoms with E-state index in [4.69, 9.17) is 0 Å². The Hall–Kier alpha value is -0.0600. The van der Waals surface area contributed by atoms with Gasteiger partial charge >= 0.3 is 3.83 Å². The highest BCUT2D eigenvalue weighted by Gasteiger charge is 2.11. The number of imidazole rings is 1. The molecule has 0 saturated heterocycles. The first-order chi connectivity index (χ1) is 5.79. The van der Waals surface area contributed by atoms with Crippen molar-refractivity contribution in [1.82, 2.24) is 4.57 Å². The average molecular weight is 279 g/mol. The molecule has 0 bridgehead atoms. The molecule has 0 N–H and O–H groups in total. The van der Waals surface area contributed by atoms with Crippen molar-refractivity contribution in [3.8, 4) is 0 Å². The molecule has 0 aromatic carbocycles. The van der Waals surface area contributed by atoms with Gasteiger partial charge in [0.25, 0.3) is 0 Å². The Bertz CT molecular complexity index is 219. The minimum absolute atomic E-state index is 1.13. The number of hydrogen-bond donors (Lipinski definition) is 0. The topological polar surface area (TPSA) is 8.81 Å². The molecule has 0 spiro atoms. The van der Waals surface area contributed by atoms with Crippen molar-refractivity contribution in [1.29, 1.82) is 0 Å². The average Bonchev–Trinajstić information content (AvgIpc) is 2.38. The Morgan fingerprint density at radius 3 is 2.75 bits per heavy atom. The quantitative estimate of drug-likeness (QED) is 0.590. The van der Waals surface area contributed by atoms with Crippen LogP contribution in [0.2, 0.25) is 0 Å². The fraction of sp³-hybridized carbons (Fsp3) is 0.667. The SMILES string of the molecule is CCCn1cc[n+](CCC)c1I. The van der Waals surface area contributed by atoms with Crippen LogP contribution < -0.4 is 4.57 Å². The first-order valence-corrected chi connectivity index (χ1v) is 5.61. The maximum atomic E-state index is 2.41. The number of aromatic nitrogens is 2. The summed E-state index contributed by atoms with van der Waals surface area (Å²) in [5.74, 6) is 0. The maximum absolute atomic E-state index is 2.41. The van der Waals surface area contributed by atoms with Gasteiger partial charge in [-0.3, -0.25) is 0 Å². The fourth-order valence-electron chi connectivity index (χ4n) is 1.26. The summed E-state index contributed by atoms with van der Waals surface area (Å²) >= 11 is 2.41. The second kappa shape index (κ2) is 4.84. The lowest BCUT2D eigenvalue weighted by Gasteiger charge is -1.95.